The summed E-state index contributed by atoms with van der Waals surface area (Å²) in [5.74, 6) is -0.669. The van der Waals surface area contributed by atoms with E-state index in [0.29, 0.717) is 0 Å². The van der Waals surface area contributed by atoms with E-state index in [2.05, 4.69) is 13.6 Å². The average molecular weight is 290 g/mol. The minimum atomic E-state index is -5.13. The Morgan fingerprint density at radius 2 is 1.82 bits per heavy atom. The molecule has 0 saturated heterocycles. The molecule has 0 spiro atoms. The van der Waals surface area contributed by atoms with Crippen molar-refractivity contribution in [2.45, 2.75) is 6.92 Å². The zero-order valence-electron chi connectivity index (χ0n) is 8.97. The summed E-state index contributed by atoms with van der Waals surface area (Å²) in [5, 5.41) is 0. The number of rotatable bonds is 6. The molecule has 0 rings (SSSR count). The van der Waals surface area contributed by atoms with Gasteiger partial charge in [-0.05, 0) is 13.0 Å². The maximum absolute atomic E-state index is 10.9. The zero-order chi connectivity index (χ0) is 13.7. The van der Waals surface area contributed by atoms with E-state index in [0.717, 1.165) is 13.2 Å². The summed E-state index contributed by atoms with van der Waals surface area (Å²) < 4.78 is 33.2. The van der Waals surface area contributed by atoms with E-state index in [1.165, 1.54) is 6.92 Å². The van der Waals surface area contributed by atoms with Gasteiger partial charge in [-0.25, -0.2) is 13.9 Å². The minimum absolute atomic E-state index is 0.101. The smallest absolute Gasteiger partial charge is 0.466 e. The Labute approximate surface area is 96.9 Å². The summed E-state index contributed by atoms with van der Waals surface area (Å²) in [4.78, 5) is 36.2. The topological polar surface area (TPSA) is 140 Å². The van der Waals surface area contributed by atoms with Crippen molar-refractivity contribution in [2.75, 3.05) is 13.7 Å². The third kappa shape index (κ3) is 8.23. The van der Waals surface area contributed by atoms with E-state index < -0.39 is 28.2 Å². The normalized spacial score (nSPS) is 16.4. The fourth-order valence-electron chi connectivity index (χ4n) is 0.659. The molecule has 0 aromatic carbocycles. The third-order valence-corrected chi connectivity index (χ3v) is 3.50. The lowest BCUT2D eigenvalue weighted by atomic mass is 10.3. The van der Waals surface area contributed by atoms with Crippen molar-refractivity contribution in [3.63, 3.8) is 0 Å². The molecular weight excluding hydrogens is 278 g/mol. The number of esters is 1. The van der Waals surface area contributed by atoms with E-state index in [9.17, 15) is 13.9 Å². The number of carbonyl (C=O) groups is 1. The van der Waals surface area contributed by atoms with Crippen molar-refractivity contribution < 1.29 is 42.2 Å². The van der Waals surface area contributed by atoms with Gasteiger partial charge in [0.05, 0.1) is 13.7 Å². The van der Waals surface area contributed by atoms with E-state index >= 15 is 0 Å². The SMILES string of the molecule is COC(=O)C(C)=CCOP(=O)(O)OP(=O)(O)O. The minimum Gasteiger partial charge on any atom is -0.466 e. The summed E-state index contributed by atoms with van der Waals surface area (Å²) in [6.07, 6.45) is 1.09. The number of carbonyl (C=O) groups excluding carboxylic acids is 1. The van der Waals surface area contributed by atoms with Gasteiger partial charge in [0, 0.05) is 5.57 Å². The highest BCUT2D eigenvalue weighted by atomic mass is 31.3. The quantitative estimate of drug-likeness (QED) is 0.358. The number of hydrogen-bond donors (Lipinski definition) is 3. The number of phosphoric ester groups is 1. The number of phosphoric acid groups is 2. The number of hydrogen-bond acceptors (Lipinski definition) is 6. The van der Waals surface area contributed by atoms with Gasteiger partial charge in [-0.1, -0.05) is 0 Å². The van der Waals surface area contributed by atoms with E-state index in [1.54, 1.807) is 0 Å². The standard InChI is InChI=1S/C6H12O9P2/c1-5(6(7)13-2)3-4-14-17(11,12)15-16(8,9)10/h3H,4H2,1-2H3,(H,11,12)(H2,8,9,10). The maximum Gasteiger partial charge on any atom is 0.481 e. The Balaban J connectivity index is 4.34. The van der Waals surface area contributed by atoms with Crippen molar-refractivity contribution in [2.24, 2.45) is 0 Å². The summed E-state index contributed by atoms with van der Waals surface area (Å²) >= 11 is 0. The van der Waals surface area contributed by atoms with Crippen molar-refractivity contribution in [1.29, 1.82) is 0 Å². The van der Waals surface area contributed by atoms with Gasteiger partial charge in [0.2, 0.25) is 0 Å². The van der Waals surface area contributed by atoms with Crippen LogP contribution >= 0.6 is 15.6 Å². The van der Waals surface area contributed by atoms with Gasteiger partial charge < -0.3 is 19.4 Å². The fourth-order valence-corrected chi connectivity index (χ4v) is 2.19. The van der Waals surface area contributed by atoms with Gasteiger partial charge in [-0.2, -0.15) is 4.31 Å². The maximum atomic E-state index is 10.9. The van der Waals surface area contributed by atoms with Crippen LogP contribution in [0.1, 0.15) is 6.92 Å². The average Bonchev–Trinajstić information content (AvgIpc) is 2.12. The van der Waals surface area contributed by atoms with Crippen molar-refractivity contribution in [1.82, 2.24) is 0 Å². The molecular formula is C6H12O9P2. The molecule has 1 atom stereocenters. The van der Waals surface area contributed by atoms with Crippen LogP contribution in [-0.4, -0.2) is 34.4 Å². The molecule has 0 aliphatic carbocycles. The number of methoxy groups -OCH3 is 1. The summed E-state index contributed by atoms with van der Waals surface area (Å²) in [6, 6.07) is 0. The van der Waals surface area contributed by atoms with Crippen LogP contribution in [0.25, 0.3) is 0 Å². The first-order chi connectivity index (χ1) is 7.57. The monoisotopic (exact) mass is 290 g/mol. The second kappa shape index (κ2) is 6.42. The molecule has 0 aromatic heterocycles. The third-order valence-electron chi connectivity index (χ3n) is 1.34. The van der Waals surface area contributed by atoms with Crippen molar-refractivity contribution >= 4 is 21.6 Å². The van der Waals surface area contributed by atoms with Crippen LogP contribution in [0.5, 0.6) is 0 Å². The molecule has 0 bridgehead atoms. The zero-order valence-corrected chi connectivity index (χ0v) is 10.8. The Morgan fingerprint density at radius 1 is 1.29 bits per heavy atom. The first-order valence-corrected chi connectivity index (χ1v) is 7.09. The highest BCUT2D eigenvalue weighted by molar-refractivity contribution is 7.60. The van der Waals surface area contributed by atoms with Gasteiger partial charge in [0.15, 0.2) is 0 Å². The Bertz CT molecular complexity index is 394. The summed E-state index contributed by atoms with van der Waals surface area (Å²) in [5.41, 5.74) is 0.101. The fraction of sp³-hybridized carbons (Fsp3) is 0.500. The molecule has 100 valence electrons. The second-order valence-corrected chi connectivity index (χ2v) is 5.54. The molecule has 0 heterocycles. The van der Waals surface area contributed by atoms with Crippen LogP contribution in [0, 0.1) is 0 Å². The van der Waals surface area contributed by atoms with Crippen LogP contribution in [-0.2, 0) is 27.5 Å². The first-order valence-electron chi connectivity index (χ1n) is 4.06. The highest BCUT2D eigenvalue weighted by Crippen LogP contribution is 2.57. The molecule has 9 nitrogen and oxygen atoms in total. The molecule has 11 heteroatoms. The van der Waals surface area contributed by atoms with Gasteiger partial charge in [-0.3, -0.25) is 4.52 Å². The molecule has 17 heavy (non-hydrogen) atoms. The molecule has 0 fully saturated rings. The lowest BCUT2D eigenvalue weighted by molar-refractivity contribution is -0.136. The van der Waals surface area contributed by atoms with E-state index in [1.807, 2.05) is 0 Å². The summed E-state index contributed by atoms with van der Waals surface area (Å²) in [7, 11) is -8.85. The predicted molar refractivity (Wildman–Crippen MR) is 54.7 cm³/mol. The Kier molecular flexibility index (Phi) is 6.22. The molecule has 3 N–H and O–H groups in total. The molecule has 0 aliphatic rings. The highest BCUT2D eigenvalue weighted by Gasteiger charge is 2.31. The predicted octanol–water partition coefficient (Wildman–Crippen LogP) is 0.332. The van der Waals surface area contributed by atoms with E-state index in [-0.39, 0.29) is 5.57 Å². The van der Waals surface area contributed by atoms with Crippen LogP contribution in [0.2, 0.25) is 0 Å². The summed E-state index contributed by atoms with van der Waals surface area (Å²) in [6.45, 7) is 0.816. The molecule has 0 saturated carbocycles. The van der Waals surface area contributed by atoms with Crippen LogP contribution in [0.15, 0.2) is 11.6 Å². The van der Waals surface area contributed by atoms with Gasteiger partial charge in [0.1, 0.15) is 0 Å². The van der Waals surface area contributed by atoms with Gasteiger partial charge in [0.25, 0.3) is 0 Å². The van der Waals surface area contributed by atoms with Crippen LogP contribution in [0.3, 0.4) is 0 Å². The van der Waals surface area contributed by atoms with Crippen LogP contribution < -0.4 is 0 Å². The van der Waals surface area contributed by atoms with Crippen molar-refractivity contribution in [3.8, 4) is 0 Å². The Hall–Kier alpha value is -0.530. The van der Waals surface area contributed by atoms with Gasteiger partial charge in [-0.15, -0.1) is 0 Å². The Morgan fingerprint density at radius 3 is 2.24 bits per heavy atom. The van der Waals surface area contributed by atoms with Crippen LogP contribution in [0.4, 0.5) is 0 Å². The van der Waals surface area contributed by atoms with Crippen molar-refractivity contribution in [3.05, 3.63) is 11.6 Å². The molecule has 1 unspecified atom stereocenters. The molecule has 0 aromatic rings. The molecule has 0 radical (unpaired) electrons. The largest absolute Gasteiger partial charge is 0.481 e. The molecule has 0 amide bonds. The lowest BCUT2D eigenvalue weighted by Crippen LogP contribution is -2.03. The van der Waals surface area contributed by atoms with E-state index in [4.69, 9.17) is 14.7 Å². The first kappa shape index (κ1) is 16.5. The second-order valence-electron chi connectivity index (χ2n) is 2.72. The lowest BCUT2D eigenvalue weighted by Gasteiger charge is -2.11. The van der Waals surface area contributed by atoms with Gasteiger partial charge >= 0.3 is 21.6 Å². The number of ether oxygens (including phenoxy) is 1. The molecule has 0 aliphatic heterocycles.